The fourth-order valence-electron chi connectivity index (χ4n) is 1.76. The SMILES string of the molecule is CCN(CC(C)C#N)c1ccc(Cl)cc1CO. The Bertz CT molecular complexity index is 414. The van der Waals surface area contributed by atoms with Crippen molar-refractivity contribution in [2.45, 2.75) is 20.5 Å². The van der Waals surface area contributed by atoms with Crippen molar-refractivity contribution < 1.29 is 5.11 Å². The van der Waals surface area contributed by atoms with E-state index in [1.807, 2.05) is 19.9 Å². The van der Waals surface area contributed by atoms with Crippen LogP contribution in [0.3, 0.4) is 0 Å². The average molecular weight is 253 g/mol. The van der Waals surface area contributed by atoms with Gasteiger partial charge in [-0.2, -0.15) is 5.26 Å². The number of aliphatic hydroxyl groups is 1. The van der Waals surface area contributed by atoms with Crippen molar-refractivity contribution in [2.24, 2.45) is 5.92 Å². The Balaban J connectivity index is 2.99. The first-order chi connectivity index (χ1) is 8.12. The van der Waals surface area contributed by atoms with Gasteiger partial charge in [0.1, 0.15) is 0 Å². The molecule has 17 heavy (non-hydrogen) atoms. The van der Waals surface area contributed by atoms with Gasteiger partial charge < -0.3 is 10.0 Å². The van der Waals surface area contributed by atoms with Gasteiger partial charge in [-0.3, -0.25) is 0 Å². The molecule has 0 bridgehead atoms. The lowest BCUT2D eigenvalue weighted by molar-refractivity contribution is 0.282. The standard InChI is InChI=1S/C13H17ClN2O/c1-3-16(8-10(2)7-15)13-5-4-12(14)6-11(13)9-17/h4-6,10,17H,3,8-9H2,1-2H3. The normalized spacial score (nSPS) is 11.9. The summed E-state index contributed by atoms with van der Waals surface area (Å²) in [5.41, 5.74) is 1.74. The van der Waals surface area contributed by atoms with Gasteiger partial charge in [0, 0.05) is 29.4 Å². The Hall–Kier alpha value is -1.24. The Morgan fingerprint density at radius 3 is 2.76 bits per heavy atom. The molecule has 1 atom stereocenters. The summed E-state index contributed by atoms with van der Waals surface area (Å²) in [5, 5.41) is 18.8. The molecule has 1 rings (SSSR count). The molecule has 1 N–H and O–H groups in total. The number of hydrogen-bond donors (Lipinski definition) is 1. The Kier molecular flexibility index (Phi) is 5.27. The van der Waals surface area contributed by atoms with Gasteiger partial charge in [-0.05, 0) is 32.0 Å². The highest BCUT2D eigenvalue weighted by atomic mass is 35.5. The van der Waals surface area contributed by atoms with Gasteiger partial charge in [-0.1, -0.05) is 11.6 Å². The summed E-state index contributed by atoms with van der Waals surface area (Å²) in [6, 6.07) is 7.67. The van der Waals surface area contributed by atoms with Gasteiger partial charge in [0.25, 0.3) is 0 Å². The molecule has 0 fully saturated rings. The predicted octanol–water partition coefficient (Wildman–Crippen LogP) is 2.82. The van der Waals surface area contributed by atoms with Crippen LogP contribution in [0.5, 0.6) is 0 Å². The van der Waals surface area contributed by atoms with Crippen molar-refractivity contribution in [3.8, 4) is 6.07 Å². The molecule has 92 valence electrons. The first kappa shape index (κ1) is 13.8. The molecule has 0 saturated heterocycles. The van der Waals surface area contributed by atoms with Gasteiger partial charge in [-0.25, -0.2) is 0 Å². The molecule has 0 aliphatic rings. The van der Waals surface area contributed by atoms with Crippen molar-refractivity contribution in [1.82, 2.24) is 0 Å². The third-order valence-electron chi connectivity index (χ3n) is 2.65. The lowest BCUT2D eigenvalue weighted by Gasteiger charge is -2.26. The zero-order chi connectivity index (χ0) is 12.8. The number of nitriles is 1. The van der Waals surface area contributed by atoms with Gasteiger partial charge in [0.2, 0.25) is 0 Å². The van der Waals surface area contributed by atoms with E-state index in [9.17, 15) is 5.11 Å². The summed E-state index contributed by atoms with van der Waals surface area (Å²) < 4.78 is 0. The van der Waals surface area contributed by atoms with E-state index in [4.69, 9.17) is 16.9 Å². The molecular formula is C13H17ClN2O. The van der Waals surface area contributed by atoms with E-state index in [1.54, 1.807) is 12.1 Å². The molecule has 4 heteroatoms. The second-order valence-electron chi connectivity index (χ2n) is 4.00. The minimum absolute atomic E-state index is 0.0443. The van der Waals surface area contributed by atoms with E-state index in [0.29, 0.717) is 11.6 Å². The van der Waals surface area contributed by atoms with Gasteiger partial charge >= 0.3 is 0 Å². The average Bonchev–Trinajstić information content (AvgIpc) is 2.35. The number of benzene rings is 1. The highest BCUT2D eigenvalue weighted by molar-refractivity contribution is 6.30. The monoisotopic (exact) mass is 252 g/mol. The van der Waals surface area contributed by atoms with Crippen molar-refractivity contribution in [1.29, 1.82) is 5.26 Å². The molecule has 0 heterocycles. The third-order valence-corrected chi connectivity index (χ3v) is 2.88. The minimum atomic E-state index is -0.0483. The number of anilines is 1. The largest absolute Gasteiger partial charge is 0.392 e. The summed E-state index contributed by atoms with van der Waals surface area (Å²) in [6.45, 7) is 5.31. The van der Waals surface area contributed by atoms with E-state index >= 15 is 0 Å². The zero-order valence-corrected chi connectivity index (χ0v) is 10.9. The van der Waals surface area contributed by atoms with E-state index in [1.165, 1.54) is 0 Å². The van der Waals surface area contributed by atoms with Crippen LogP contribution in [-0.4, -0.2) is 18.2 Å². The molecule has 0 saturated carbocycles. The van der Waals surface area contributed by atoms with E-state index < -0.39 is 0 Å². The Morgan fingerprint density at radius 1 is 1.53 bits per heavy atom. The fourth-order valence-corrected chi connectivity index (χ4v) is 1.95. The Labute approximate surface area is 107 Å². The molecule has 1 aromatic rings. The fraction of sp³-hybridized carbons (Fsp3) is 0.462. The molecule has 1 aromatic carbocycles. The predicted molar refractivity (Wildman–Crippen MR) is 70.0 cm³/mol. The minimum Gasteiger partial charge on any atom is -0.392 e. The van der Waals surface area contributed by atoms with Crippen molar-refractivity contribution in [2.75, 3.05) is 18.0 Å². The number of halogens is 1. The molecule has 3 nitrogen and oxygen atoms in total. The second kappa shape index (κ2) is 6.48. The van der Waals surface area contributed by atoms with Crippen LogP contribution in [0, 0.1) is 17.2 Å². The summed E-state index contributed by atoms with van der Waals surface area (Å²) in [6.07, 6.45) is 0. The summed E-state index contributed by atoms with van der Waals surface area (Å²) in [5.74, 6) is -0.0443. The van der Waals surface area contributed by atoms with Crippen molar-refractivity contribution in [3.05, 3.63) is 28.8 Å². The van der Waals surface area contributed by atoms with Crippen molar-refractivity contribution >= 4 is 17.3 Å². The molecular weight excluding hydrogens is 236 g/mol. The molecule has 0 aliphatic carbocycles. The van der Waals surface area contributed by atoms with Crippen LogP contribution >= 0.6 is 11.6 Å². The van der Waals surface area contributed by atoms with Crippen LogP contribution in [-0.2, 0) is 6.61 Å². The smallest absolute Gasteiger partial charge is 0.0702 e. The van der Waals surface area contributed by atoms with E-state index in [-0.39, 0.29) is 12.5 Å². The number of rotatable bonds is 5. The first-order valence-corrected chi connectivity index (χ1v) is 6.04. The molecule has 0 spiro atoms. The quantitative estimate of drug-likeness (QED) is 0.877. The van der Waals surface area contributed by atoms with Crippen LogP contribution in [0.4, 0.5) is 5.69 Å². The van der Waals surface area contributed by atoms with Gasteiger partial charge in [-0.15, -0.1) is 0 Å². The third kappa shape index (κ3) is 3.62. The van der Waals surface area contributed by atoms with Crippen LogP contribution < -0.4 is 4.90 Å². The molecule has 0 amide bonds. The maximum absolute atomic E-state index is 9.33. The van der Waals surface area contributed by atoms with Gasteiger partial charge in [0.15, 0.2) is 0 Å². The van der Waals surface area contributed by atoms with E-state index in [0.717, 1.165) is 17.8 Å². The summed E-state index contributed by atoms with van der Waals surface area (Å²) in [4.78, 5) is 2.08. The molecule has 0 radical (unpaired) electrons. The number of aliphatic hydroxyl groups excluding tert-OH is 1. The summed E-state index contributed by atoms with van der Waals surface area (Å²) in [7, 11) is 0. The first-order valence-electron chi connectivity index (χ1n) is 5.66. The lowest BCUT2D eigenvalue weighted by atomic mass is 10.1. The van der Waals surface area contributed by atoms with Crippen LogP contribution in [0.1, 0.15) is 19.4 Å². The topological polar surface area (TPSA) is 47.3 Å². The van der Waals surface area contributed by atoms with Crippen molar-refractivity contribution in [3.63, 3.8) is 0 Å². The maximum atomic E-state index is 9.33. The van der Waals surface area contributed by atoms with E-state index in [2.05, 4.69) is 11.0 Å². The maximum Gasteiger partial charge on any atom is 0.0702 e. The molecule has 1 unspecified atom stereocenters. The van der Waals surface area contributed by atoms with Crippen LogP contribution in [0.15, 0.2) is 18.2 Å². The zero-order valence-electron chi connectivity index (χ0n) is 10.2. The van der Waals surface area contributed by atoms with Crippen LogP contribution in [0.2, 0.25) is 5.02 Å². The van der Waals surface area contributed by atoms with Gasteiger partial charge in [0.05, 0.1) is 18.6 Å². The highest BCUT2D eigenvalue weighted by Crippen LogP contribution is 2.25. The van der Waals surface area contributed by atoms with Crippen LogP contribution in [0.25, 0.3) is 0 Å². The Morgan fingerprint density at radius 2 is 2.24 bits per heavy atom. The molecule has 0 aliphatic heterocycles. The lowest BCUT2D eigenvalue weighted by Crippen LogP contribution is -2.28. The molecule has 0 aromatic heterocycles. The highest BCUT2D eigenvalue weighted by Gasteiger charge is 2.12. The number of hydrogen-bond acceptors (Lipinski definition) is 3. The summed E-state index contributed by atoms with van der Waals surface area (Å²) >= 11 is 5.89. The second-order valence-corrected chi connectivity index (χ2v) is 4.44. The number of nitrogens with zero attached hydrogens (tertiary/aromatic N) is 2.